The fourth-order valence-corrected chi connectivity index (χ4v) is 2.65. The van der Waals surface area contributed by atoms with Gasteiger partial charge in [-0.1, -0.05) is 29.8 Å². The second-order valence-electron chi connectivity index (χ2n) is 7.21. The van der Waals surface area contributed by atoms with Gasteiger partial charge in [-0.15, -0.1) is 24.0 Å². The van der Waals surface area contributed by atoms with Crippen LogP contribution >= 0.6 is 24.0 Å². The van der Waals surface area contributed by atoms with Crippen LogP contribution in [0.3, 0.4) is 0 Å². The first kappa shape index (κ1) is 25.7. The van der Waals surface area contributed by atoms with Crippen LogP contribution in [0.1, 0.15) is 35.3 Å². The number of amides is 1. The molecule has 0 spiro atoms. The van der Waals surface area contributed by atoms with Crippen LogP contribution in [0.25, 0.3) is 0 Å². The molecule has 0 aliphatic carbocycles. The Morgan fingerprint density at radius 3 is 2.27 bits per heavy atom. The lowest BCUT2D eigenvalue weighted by molar-refractivity contribution is 0.0827. The number of aliphatic imine (C=N–C) groups is 1. The molecule has 2 N–H and O–H groups in total. The second-order valence-corrected chi connectivity index (χ2v) is 7.21. The van der Waals surface area contributed by atoms with Gasteiger partial charge in [-0.2, -0.15) is 0 Å². The van der Waals surface area contributed by atoms with Crippen molar-refractivity contribution in [3.05, 3.63) is 65.2 Å². The summed E-state index contributed by atoms with van der Waals surface area (Å²) in [5.41, 5.74) is 2.93. The van der Waals surface area contributed by atoms with Gasteiger partial charge in [0.2, 0.25) is 0 Å². The minimum atomic E-state index is -0.00220. The quantitative estimate of drug-likeness (QED) is 0.313. The van der Waals surface area contributed by atoms with Gasteiger partial charge in [-0.3, -0.25) is 4.79 Å². The third-order valence-electron chi connectivity index (χ3n) is 4.29. The smallest absolute Gasteiger partial charge is 0.253 e. The summed E-state index contributed by atoms with van der Waals surface area (Å²) < 4.78 is 5.93. The molecule has 30 heavy (non-hydrogen) atoms. The molecule has 1 amide bonds. The molecular formula is C23H33IN4O2. The van der Waals surface area contributed by atoms with Crippen LogP contribution < -0.4 is 15.4 Å². The lowest BCUT2D eigenvalue weighted by atomic mass is 10.1. The highest BCUT2D eigenvalue weighted by Crippen LogP contribution is 2.13. The minimum Gasteiger partial charge on any atom is -0.489 e. The molecule has 0 aliphatic rings. The number of hydrogen-bond acceptors (Lipinski definition) is 3. The van der Waals surface area contributed by atoms with Gasteiger partial charge in [0, 0.05) is 26.2 Å². The number of guanidine groups is 1. The molecule has 2 rings (SSSR count). The van der Waals surface area contributed by atoms with Gasteiger partial charge < -0.3 is 20.3 Å². The Morgan fingerprint density at radius 2 is 1.70 bits per heavy atom. The predicted molar refractivity (Wildman–Crippen MR) is 134 cm³/mol. The highest BCUT2D eigenvalue weighted by Gasteiger charge is 2.08. The molecule has 0 bridgehead atoms. The summed E-state index contributed by atoms with van der Waals surface area (Å²) in [5, 5.41) is 6.57. The van der Waals surface area contributed by atoms with Crippen LogP contribution in [-0.2, 0) is 6.54 Å². The Hall–Kier alpha value is -2.29. The standard InChI is InChI=1S/C23H32N4O2.HI/c1-6-24-23(25-15-18(3)29-21-13-7-17(2)8-14-21)26-16-19-9-11-20(12-10-19)22(28)27(4)5;/h7-14,18H,6,15-16H2,1-5H3,(H2,24,25,26);1H. The van der Waals surface area contributed by atoms with Crippen LogP contribution in [0.4, 0.5) is 0 Å². The first-order valence-corrected chi connectivity index (χ1v) is 9.95. The zero-order valence-corrected chi connectivity index (χ0v) is 20.8. The van der Waals surface area contributed by atoms with E-state index in [0.717, 1.165) is 23.8 Å². The highest BCUT2D eigenvalue weighted by molar-refractivity contribution is 14.0. The maximum Gasteiger partial charge on any atom is 0.253 e. The van der Waals surface area contributed by atoms with E-state index in [1.165, 1.54) is 5.56 Å². The van der Waals surface area contributed by atoms with E-state index in [2.05, 4.69) is 22.5 Å². The molecule has 6 nitrogen and oxygen atoms in total. The van der Waals surface area contributed by atoms with Crippen LogP contribution in [0.5, 0.6) is 5.75 Å². The Balaban J connectivity index is 0.00000450. The molecule has 0 aromatic heterocycles. The summed E-state index contributed by atoms with van der Waals surface area (Å²) in [6.45, 7) is 8.05. The van der Waals surface area contributed by atoms with Crippen molar-refractivity contribution in [1.82, 2.24) is 15.5 Å². The summed E-state index contributed by atoms with van der Waals surface area (Å²) in [5.74, 6) is 1.59. The first-order chi connectivity index (χ1) is 13.9. The van der Waals surface area contributed by atoms with Crippen molar-refractivity contribution in [3.8, 4) is 5.75 Å². The van der Waals surface area contributed by atoms with Crippen LogP contribution in [-0.4, -0.2) is 50.1 Å². The molecule has 1 unspecified atom stereocenters. The van der Waals surface area contributed by atoms with Crippen LogP contribution in [0.2, 0.25) is 0 Å². The number of ether oxygens (including phenoxy) is 1. The van der Waals surface area contributed by atoms with Gasteiger partial charge in [0.25, 0.3) is 5.91 Å². The number of rotatable bonds is 8. The molecule has 7 heteroatoms. The summed E-state index contributed by atoms with van der Waals surface area (Å²) in [4.78, 5) is 18.2. The van der Waals surface area contributed by atoms with Crippen molar-refractivity contribution in [2.24, 2.45) is 4.99 Å². The fourth-order valence-electron chi connectivity index (χ4n) is 2.65. The maximum absolute atomic E-state index is 12.0. The van der Waals surface area contributed by atoms with E-state index >= 15 is 0 Å². The Bertz CT molecular complexity index is 805. The Kier molecular flexibility index (Phi) is 11.2. The molecule has 2 aromatic carbocycles. The minimum absolute atomic E-state index is 0. The third-order valence-corrected chi connectivity index (χ3v) is 4.29. The maximum atomic E-state index is 12.0. The lowest BCUT2D eigenvalue weighted by Crippen LogP contribution is -2.41. The molecule has 0 radical (unpaired) electrons. The monoisotopic (exact) mass is 524 g/mol. The van der Waals surface area contributed by atoms with Crippen molar-refractivity contribution in [2.75, 3.05) is 27.2 Å². The van der Waals surface area contributed by atoms with Crippen molar-refractivity contribution in [2.45, 2.75) is 33.4 Å². The van der Waals surface area contributed by atoms with E-state index in [0.29, 0.717) is 18.7 Å². The zero-order chi connectivity index (χ0) is 21.2. The topological polar surface area (TPSA) is 66.0 Å². The van der Waals surface area contributed by atoms with Gasteiger partial charge >= 0.3 is 0 Å². The molecule has 1 atom stereocenters. The predicted octanol–water partition coefficient (Wildman–Crippen LogP) is 3.84. The highest BCUT2D eigenvalue weighted by atomic mass is 127. The van der Waals surface area contributed by atoms with Crippen molar-refractivity contribution in [1.29, 1.82) is 0 Å². The summed E-state index contributed by atoms with van der Waals surface area (Å²) in [6.07, 6.45) is -0.00195. The van der Waals surface area contributed by atoms with E-state index in [-0.39, 0.29) is 36.0 Å². The van der Waals surface area contributed by atoms with E-state index in [1.807, 2.05) is 62.4 Å². The average Bonchev–Trinajstić information content (AvgIpc) is 2.71. The van der Waals surface area contributed by atoms with E-state index in [1.54, 1.807) is 19.0 Å². The van der Waals surface area contributed by atoms with Gasteiger partial charge in [-0.05, 0) is 50.6 Å². The molecule has 164 valence electrons. The summed E-state index contributed by atoms with van der Waals surface area (Å²) in [6, 6.07) is 15.6. The SMILES string of the molecule is CCNC(=NCc1ccc(C(=O)N(C)C)cc1)NCC(C)Oc1ccc(C)cc1.I. The Morgan fingerprint density at radius 1 is 1.07 bits per heavy atom. The van der Waals surface area contributed by atoms with Gasteiger partial charge in [0.05, 0.1) is 13.1 Å². The molecule has 2 aromatic rings. The van der Waals surface area contributed by atoms with E-state index < -0.39 is 0 Å². The molecular weight excluding hydrogens is 491 g/mol. The van der Waals surface area contributed by atoms with Gasteiger partial charge in [-0.25, -0.2) is 4.99 Å². The van der Waals surface area contributed by atoms with Crippen molar-refractivity contribution in [3.63, 3.8) is 0 Å². The van der Waals surface area contributed by atoms with Crippen LogP contribution in [0.15, 0.2) is 53.5 Å². The molecule has 0 heterocycles. The third kappa shape index (κ3) is 8.61. The van der Waals surface area contributed by atoms with E-state index in [4.69, 9.17) is 4.74 Å². The number of benzene rings is 2. The molecule has 0 fully saturated rings. The zero-order valence-electron chi connectivity index (χ0n) is 18.4. The number of nitrogens with zero attached hydrogens (tertiary/aromatic N) is 2. The summed E-state index contributed by atoms with van der Waals surface area (Å²) in [7, 11) is 3.50. The lowest BCUT2D eigenvalue weighted by Gasteiger charge is -2.18. The van der Waals surface area contributed by atoms with Gasteiger partial charge in [0.15, 0.2) is 5.96 Å². The average molecular weight is 524 g/mol. The number of carbonyl (C=O) groups excluding carboxylic acids is 1. The molecule has 0 saturated carbocycles. The number of nitrogens with one attached hydrogen (secondary N) is 2. The second kappa shape index (κ2) is 13.1. The molecule has 0 aliphatic heterocycles. The van der Waals surface area contributed by atoms with Crippen molar-refractivity contribution < 1.29 is 9.53 Å². The Labute approximate surface area is 197 Å². The van der Waals surface area contributed by atoms with Crippen LogP contribution in [0, 0.1) is 6.92 Å². The number of aryl methyl sites for hydroxylation is 1. The van der Waals surface area contributed by atoms with Gasteiger partial charge in [0.1, 0.15) is 11.9 Å². The number of carbonyl (C=O) groups is 1. The normalized spacial score (nSPS) is 11.8. The number of halogens is 1. The first-order valence-electron chi connectivity index (χ1n) is 9.95. The number of hydrogen-bond donors (Lipinski definition) is 2. The largest absolute Gasteiger partial charge is 0.489 e. The molecule has 0 saturated heterocycles. The van der Waals surface area contributed by atoms with E-state index in [9.17, 15) is 4.79 Å². The fraction of sp³-hybridized carbons (Fsp3) is 0.391. The summed E-state index contributed by atoms with van der Waals surface area (Å²) >= 11 is 0. The van der Waals surface area contributed by atoms with Crippen molar-refractivity contribution >= 4 is 35.8 Å².